The van der Waals surface area contributed by atoms with Crippen molar-refractivity contribution >= 4 is 46.6 Å². The van der Waals surface area contributed by atoms with Gasteiger partial charge in [0, 0.05) is 46.5 Å². The lowest BCUT2D eigenvalue weighted by molar-refractivity contribution is 0.0954. The molecule has 9 heteroatoms. The molecule has 2 rings (SSSR count). The van der Waals surface area contributed by atoms with E-state index in [0.717, 1.165) is 49.7 Å². The fourth-order valence-electron chi connectivity index (χ4n) is 3.45. The number of carbonyl (C=O) groups is 1. The number of hydrogen-bond acceptors (Lipinski definition) is 4. The van der Waals surface area contributed by atoms with Crippen molar-refractivity contribution in [2.45, 2.75) is 50.8 Å². The van der Waals surface area contributed by atoms with E-state index >= 15 is 0 Å². The van der Waals surface area contributed by atoms with Crippen molar-refractivity contribution in [1.82, 2.24) is 16.0 Å². The van der Waals surface area contributed by atoms with Gasteiger partial charge in [-0.25, -0.2) is 0 Å². The van der Waals surface area contributed by atoms with Crippen LogP contribution in [-0.2, 0) is 10.8 Å². The number of hydrogen-bond donors (Lipinski definition) is 3. The van der Waals surface area contributed by atoms with Gasteiger partial charge in [-0.2, -0.15) is 0 Å². The van der Waals surface area contributed by atoms with E-state index in [1.165, 1.54) is 0 Å². The maximum Gasteiger partial charge on any atom is 0.251 e. The van der Waals surface area contributed by atoms with Gasteiger partial charge in [-0.05, 0) is 50.5 Å². The van der Waals surface area contributed by atoms with Gasteiger partial charge < -0.3 is 20.7 Å². The van der Waals surface area contributed by atoms with Crippen molar-refractivity contribution in [3.63, 3.8) is 0 Å². The number of aliphatic imine (C=N–C) groups is 1. The van der Waals surface area contributed by atoms with Gasteiger partial charge in [0.15, 0.2) is 5.96 Å². The summed E-state index contributed by atoms with van der Waals surface area (Å²) in [5, 5.41) is 9.89. The fourth-order valence-corrected chi connectivity index (χ4v) is 4.79. The van der Waals surface area contributed by atoms with Crippen molar-refractivity contribution in [2.24, 2.45) is 4.99 Å². The molecule has 3 unspecified atom stereocenters. The molecule has 1 aromatic rings. The van der Waals surface area contributed by atoms with Gasteiger partial charge in [-0.15, -0.1) is 24.0 Å². The number of guanidine groups is 1. The highest BCUT2D eigenvalue weighted by Gasteiger charge is 2.26. The number of ether oxygens (including phenoxy) is 1. The first-order valence-corrected chi connectivity index (χ1v) is 11.8. The van der Waals surface area contributed by atoms with E-state index in [4.69, 9.17) is 4.74 Å². The number of carbonyl (C=O) groups excluding carboxylic acids is 1. The zero-order chi connectivity index (χ0) is 21.1. The summed E-state index contributed by atoms with van der Waals surface area (Å²) < 4.78 is 17.2. The molecule has 3 atom stereocenters. The molecule has 0 saturated heterocycles. The smallest absolute Gasteiger partial charge is 0.251 e. The van der Waals surface area contributed by atoms with Crippen LogP contribution in [0.2, 0.25) is 0 Å². The molecule has 1 saturated carbocycles. The Bertz CT molecular complexity index is 700. The Morgan fingerprint density at radius 1 is 1.20 bits per heavy atom. The summed E-state index contributed by atoms with van der Waals surface area (Å²) >= 11 is 0. The number of halogens is 1. The van der Waals surface area contributed by atoms with Gasteiger partial charge in [0.2, 0.25) is 0 Å². The van der Waals surface area contributed by atoms with E-state index in [0.29, 0.717) is 18.7 Å². The van der Waals surface area contributed by atoms with Crippen LogP contribution in [0.1, 0.15) is 49.9 Å². The van der Waals surface area contributed by atoms with Crippen molar-refractivity contribution in [3.05, 3.63) is 29.8 Å². The molecule has 0 spiro atoms. The Morgan fingerprint density at radius 3 is 2.57 bits per heavy atom. The highest BCUT2D eigenvalue weighted by molar-refractivity contribution is 14.0. The largest absolute Gasteiger partial charge is 0.497 e. The summed E-state index contributed by atoms with van der Waals surface area (Å²) in [5.74, 6) is 2.07. The molecular weight excluding hydrogens is 515 g/mol. The fraction of sp³-hybridized carbons (Fsp3) is 0.619. The first-order chi connectivity index (χ1) is 14.1. The maximum absolute atomic E-state index is 12.2. The van der Waals surface area contributed by atoms with Crippen LogP contribution in [0.3, 0.4) is 0 Å². The van der Waals surface area contributed by atoms with E-state index in [1.54, 1.807) is 31.4 Å². The average molecular weight is 551 g/mol. The Kier molecular flexibility index (Phi) is 13.0. The van der Waals surface area contributed by atoms with Crippen molar-refractivity contribution < 1.29 is 13.7 Å². The average Bonchev–Trinajstić information content (AvgIpc) is 2.76. The maximum atomic E-state index is 12.2. The highest BCUT2D eigenvalue weighted by atomic mass is 127. The van der Waals surface area contributed by atoms with E-state index in [-0.39, 0.29) is 41.2 Å². The second kappa shape index (κ2) is 14.6. The van der Waals surface area contributed by atoms with E-state index in [2.05, 4.69) is 20.9 Å². The zero-order valence-corrected chi connectivity index (χ0v) is 21.3. The first-order valence-electron chi connectivity index (χ1n) is 10.4. The van der Waals surface area contributed by atoms with Gasteiger partial charge in [0.25, 0.3) is 5.91 Å². The molecule has 0 heterocycles. The van der Waals surface area contributed by atoms with Gasteiger partial charge >= 0.3 is 0 Å². The molecule has 170 valence electrons. The molecule has 0 radical (unpaired) electrons. The van der Waals surface area contributed by atoms with Crippen molar-refractivity contribution in [1.29, 1.82) is 0 Å². The minimum absolute atomic E-state index is 0. The molecule has 1 aliphatic carbocycles. The Balaban J connectivity index is 0.00000450. The molecule has 1 aromatic carbocycles. The van der Waals surface area contributed by atoms with E-state index in [1.807, 2.05) is 13.8 Å². The summed E-state index contributed by atoms with van der Waals surface area (Å²) in [7, 11) is 0.856. The number of rotatable bonds is 9. The number of nitrogens with zero attached hydrogens (tertiary/aromatic N) is 1. The van der Waals surface area contributed by atoms with Crippen molar-refractivity contribution in [2.75, 3.05) is 32.5 Å². The molecule has 30 heavy (non-hydrogen) atoms. The second-order valence-corrected chi connectivity index (χ2v) is 9.05. The molecular formula is C21H35IN4O3S. The summed E-state index contributed by atoms with van der Waals surface area (Å²) in [6, 6.07) is 7.30. The van der Waals surface area contributed by atoms with Crippen LogP contribution < -0.4 is 20.7 Å². The SMILES string of the molecule is CCNC(=NCCNC(=O)c1ccc(OC)cc1)NC1CCCC(S(=O)CC)C1.I. The topological polar surface area (TPSA) is 91.8 Å². The minimum atomic E-state index is -0.741. The lowest BCUT2D eigenvalue weighted by atomic mass is 9.95. The van der Waals surface area contributed by atoms with E-state index < -0.39 is 10.8 Å². The lowest BCUT2D eigenvalue weighted by Gasteiger charge is -2.30. The normalized spacial score (nSPS) is 19.9. The molecule has 0 bridgehead atoms. The summed E-state index contributed by atoms with van der Waals surface area (Å²) in [5.41, 5.74) is 0.594. The van der Waals surface area contributed by atoms with Crippen LogP contribution in [0.5, 0.6) is 5.75 Å². The highest BCUT2D eigenvalue weighted by Crippen LogP contribution is 2.23. The van der Waals surface area contributed by atoms with Gasteiger partial charge in [0.1, 0.15) is 5.75 Å². The molecule has 3 N–H and O–H groups in total. The summed E-state index contributed by atoms with van der Waals surface area (Å²) in [6.07, 6.45) is 4.12. The lowest BCUT2D eigenvalue weighted by Crippen LogP contribution is -2.47. The third-order valence-corrected chi connectivity index (χ3v) is 6.73. The van der Waals surface area contributed by atoms with Crippen LogP contribution in [0, 0.1) is 0 Å². The summed E-state index contributed by atoms with van der Waals surface area (Å²) in [4.78, 5) is 16.8. The predicted octanol–water partition coefficient (Wildman–Crippen LogP) is 2.68. The number of methoxy groups -OCH3 is 1. The molecule has 1 amide bonds. The molecule has 7 nitrogen and oxygen atoms in total. The van der Waals surface area contributed by atoms with Crippen molar-refractivity contribution in [3.8, 4) is 5.75 Å². The molecule has 1 aliphatic rings. The third-order valence-electron chi connectivity index (χ3n) is 4.99. The molecule has 0 aromatic heterocycles. The summed E-state index contributed by atoms with van der Waals surface area (Å²) in [6.45, 7) is 5.71. The van der Waals surface area contributed by atoms with Crippen LogP contribution >= 0.6 is 24.0 Å². The van der Waals surface area contributed by atoms with E-state index in [9.17, 15) is 9.00 Å². The number of nitrogens with one attached hydrogen (secondary N) is 3. The first kappa shape index (κ1) is 26.7. The standard InChI is InChI=1S/C21H34N4O3S.HI/c1-4-22-21(25-17-7-6-8-19(15-17)29(27)5-2)24-14-13-23-20(26)16-9-11-18(28-3)12-10-16;/h9-12,17,19H,4-8,13-15H2,1-3H3,(H,23,26)(H2,22,24,25);1H. The van der Waals surface area contributed by atoms with Gasteiger partial charge in [-0.3, -0.25) is 14.0 Å². The Labute approximate surface area is 199 Å². The quantitative estimate of drug-likeness (QED) is 0.190. The zero-order valence-electron chi connectivity index (χ0n) is 18.1. The van der Waals surface area contributed by atoms with Gasteiger partial charge in [-0.1, -0.05) is 13.3 Å². The van der Waals surface area contributed by atoms with Crippen LogP contribution in [0.4, 0.5) is 0 Å². The predicted molar refractivity (Wildman–Crippen MR) is 135 cm³/mol. The van der Waals surface area contributed by atoms with Crippen LogP contribution in [0.25, 0.3) is 0 Å². The number of amides is 1. The Morgan fingerprint density at radius 2 is 1.93 bits per heavy atom. The molecule has 1 fully saturated rings. The van der Waals surface area contributed by atoms with Crippen LogP contribution in [0.15, 0.2) is 29.3 Å². The number of benzene rings is 1. The van der Waals surface area contributed by atoms with Crippen LogP contribution in [-0.4, -0.2) is 59.9 Å². The molecule has 0 aliphatic heterocycles. The monoisotopic (exact) mass is 550 g/mol. The third kappa shape index (κ3) is 8.79. The van der Waals surface area contributed by atoms with Gasteiger partial charge in [0.05, 0.1) is 13.7 Å². The second-order valence-electron chi connectivity index (χ2n) is 7.04. The Hall–Kier alpha value is -1.36. The minimum Gasteiger partial charge on any atom is -0.497 e.